The van der Waals surface area contributed by atoms with E-state index in [0.717, 1.165) is 4.88 Å². The number of hydrogen-bond acceptors (Lipinski definition) is 4. The zero-order valence-electron chi connectivity index (χ0n) is 8.60. The molecule has 0 aliphatic rings. The van der Waals surface area contributed by atoms with Crippen molar-refractivity contribution in [2.24, 2.45) is 5.73 Å². The Bertz CT molecular complexity index is 335. The minimum Gasteiger partial charge on any atom is -0.329 e. The average molecular weight is 226 g/mol. The highest BCUT2D eigenvalue weighted by atomic mass is 32.1. The van der Waals surface area contributed by atoms with Gasteiger partial charge >= 0.3 is 0 Å². The topological polar surface area (TPSA) is 63.4 Å². The zero-order chi connectivity index (χ0) is 11.3. The smallest absolute Gasteiger partial charge is 0.234 e. The van der Waals surface area contributed by atoms with Crippen LogP contribution in [0.5, 0.6) is 0 Å². The molecule has 0 saturated carbocycles. The Balaban J connectivity index is 2.60. The highest BCUT2D eigenvalue weighted by Gasteiger charge is 2.17. The summed E-state index contributed by atoms with van der Waals surface area (Å²) in [5.74, 6) is -0.433. The van der Waals surface area contributed by atoms with Gasteiger partial charge in [0.15, 0.2) is 0 Å². The monoisotopic (exact) mass is 226 g/mol. The number of nitrogens with zero attached hydrogens (tertiary/aromatic N) is 1. The van der Waals surface area contributed by atoms with E-state index in [1.54, 1.807) is 0 Å². The molecule has 2 N–H and O–H groups in total. The first-order valence-electron chi connectivity index (χ1n) is 4.68. The number of thiophene rings is 1. The van der Waals surface area contributed by atoms with Gasteiger partial charge in [-0.1, -0.05) is 6.07 Å². The van der Waals surface area contributed by atoms with Crippen LogP contribution in [0.3, 0.4) is 0 Å². The van der Waals surface area contributed by atoms with Crippen LogP contribution in [0.15, 0.2) is 17.5 Å². The maximum atomic E-state index is 11.7. The molecular formula is C10H14N2O2S. The van der Waals surface area contributed by atoms with Crippen LogP contribution >= 0.6 is 11.3 Å². The molecule has 0 aliphatic heterocycles. The lowest BCUT2D eigenvalue weighted by molar-refractivity contribution is -0.142. The molecular weight excluding hydrogens is 212 g/mol. The molecule has 0 unspecified atom stereocenters. The number of carbonyl (C=O) groups is 2. The van der Waals surface area contributed by atoms with E-state index in [4.69, 9.17) is 5.73 Å². The third kappa shape index (κ3) is 3.45. The number of amides is 2. The van der Waals surface area contributed by atoms with Crippen LogP contribution in [0.4, 0.5) is 0 Å². The van der Waals surface area contributed by atoms with Gasteiger partial charge in [0.2, 0.25) is 11.8 Å². The molecule has 1 aromatic rings. The summed E-state index contributed by atoms with van der Waals surface area (Å²) < 4.78 is 0. The molecule has 0 radical (unpaired) electrons. The summed E-state index contributed by atoms with van der Waals surface area (Å²) in [4.78, 5) is 25.0. The van der Waals surface area contributed by atoms with Crippen LogP contribution in [0.25, 0.3) is 0 Å². The summed E-state index contributed by atoms with van der Waals surface area (Å²) >= 11 is 1.51. The van der Waals surface area contributed by atoms with Crippen LogP contribution < -0.4 is 5.73 Å². The van der Waals surface area contributed by atoms with Crippen molar-refractivity contribution in [2.75, 3.05) is 13.1 Å². The van der Waals surface area contributed by atoms with Gasteiger partial charge in [0, 0.05) is 24.9 Å². The highest BCUT2D eigenvalue weighted by Crippen LogP contribution is 2.10. The second kappa shape index (κ2) is 5.63. The molecule has 82 valence electrons. The molecule has 0 fully saturated rings. The molecule has 15 heavy (non-hydrogen) atoms. The van der Waals surface area contributed by atoms with E-state index in [9.17, 15) is 9.59 Å². The van der Waals surface area contributed by atoms with Crippen LogP contribution in [0, 0.1) is 0 Å². The SMILES string of the molecule is CC(=O)N(CCN)C(=O)Cc1cccs1. The molecule has 2 amide bonds. The van der Waals surface area contributed by atoms with Crippen LogP contribution in [-0.2, 0) is 16.0 Å². The molecule has 0 bridgehead atoms. The van der Waals surface area contributed by atoms with Gasteiger partial charge in [0.1, 0.15) is 0 Å². The molecule has 0 saturated heterocycles. The number of nitrogens with two attached hydrogens (primary N) is 1. The fourth-order valence-corrected chi connectivity index (χ4v) is 1.94. The first-order valence-corrected chi connectivity index (χ1v) is 5.56. The number of carbonyl (C=O) groups excluding carboxylic acids is 2. The van der Waals surface area contributed by atoms with Crippen molar-refractivity contribution in [2.45, 2.75) is 13.3 Å². The Morgan fingerprint density at radius 2 is 2.27 bits per heavy atom. The third-order valence-electron chi connectivity index (χ3n) is 1.94. The second-order valence-corrected chi connectivity index (χ2v) is 4.14. The Labute approximate surface area is 92.7 Å². The fraction of sp³-hybridized carbons (Fsp3) is 0.400. The quantitative estimate of drug-likeness (QED) is 0.818. The lowest BCUT2D eigenvalue weighted by atomic mass is 10.3. The first kappa shape index (κ1) is 11.9. The van der Waals surface area contributed by atoms with Gasteiger partial charge < -0.3 is 5.73 Å². The van der Waals surface area contributed by atoms with E-state index in [1.807, 2.05) is 17.5 Å². The van der Waals surface area contributed by atoms with E-state index in [-0.39, 0.29) is 18.2 Å². The predicted molar refractivity (Wildman–Crippen MR) is 59.5 cm³/mol. The Hall–Kier alpha value is -1.20. The van der Waals surface area contributed by atoms with Crippen molar-refractivity contribution >= 4 is 23.2 Å². The molecule has 0 atom stereocenters. The van der Waals surface area contributed by atoms with Crippen LogP contribution in [0.2, 0.25) is 0 Å². The summed E-state index contributed by atoms with van der Waals surface area (Å²) in [7, 11) is 0. The van der Waals surface area contributed by atoms with Crippen LogP contribution in [0.1, 0.15) is 11.8 Å². The number of hydrogen-bond donors (Lipinski definition) is 1. The number of rotatable bonds is 4. The minimum atomic E-state index is -0.248. The predicted octanol–water partition coefficient (Wildman–Crippen LogP) is 0.624. The Morgan fingerprint density at radius 1 is 1.53 bits per heavy atom. The first-order chi connectivity index (χ1) is 7.15. The zero-order valence-corrected chi connectivity index (χ0v) is 9.42. The van der Waals surface area contributed by atoms with E-state index >= 15 is 0 Å². The lowest BCUT2D eigenvalue weighted by Crippen LogP contribution is -2.39. The Kier molecular flexibility index (Phi) is 4.45. The van der Waals surface area contributed by atoms with E-state index in [1.165, 1.54) is 23.2 Å². The van der Waals surface area contributed by atoms with E-state index in [0.29, 0.717) is 13.1 Å². The maximum absolute atomic E-state index is 11.7. The second-order valence-electron chi connectivity index (χ2n) is 3.11. The Morgan fingerprint density at radius 3 is 2.73 bits per heavy atom. The third-order valence-corrected chi connectivity index (χ3v) is 2.82. The molecule has 4 nitrogen and oxygen atoms in total. The van der Waals surface area contributed by atoms with Crippen molar-refractivity contribution in [3.63, 3.8) is 0 Å². The summed E-state index contributed by atoms with van der Waals surface area (Å²) in [6, 6.07) is 3.76. The molecule has 1 rings (SSSR count). The van der Waals surface area contributed by atoms with E-state index < -0.39 is 0 Å². The van der Waals surface area contributed by atoms with Gasteiger partial charge in [0.25, 0.3) is 0 Å². The molecule has 0 aromatic carbocycles. The van der Waals surface area contributed by atoms with E-state index in [2.05, 4.69) is 0 Å². The summed E-state index contributed by atoms with van der Waals surface area (Å²) in [5, 5.41) is 1.91. The molecule has 5 heteroatoms. The van der Waals surface area contributed by atoms with Gasteiger partial charge in [-0.25, -0.2) is 0 Å². The molecule has 0 spiro atoms. The van der Waals surface area contributed by atoms with Gasteiger partial charge in [-0.2, -0.15) is 0 Å². The van der Waals surface area contributed by atoms with Crippen LogP contribution in [-0.4, -0.2) is 29.8 Å². The average Bonchev–Trinajstić information content (AvgIpc) is 2.65. The van der Waals surface area contributed by atoms with Gasteiger partial charge in [-0.15, -0.1) is 11.3 Å². The molecule has 1 aromatic heterocycles. The maximum Gasteiger partial charge on any atom is 0.234 e. The largest absolute Gasteiger partial charge is 0.329 e. The summed E-state index contributed by atoms with van der Waals surface area (Å²) in [5.41, 5.74) is 5.33. The van der Waals surface area contributed by atoms with Crippen molar-refractivity contribution < 1.29 is 9.59 Å². The summed E-state index contributed by atoms with van der Waals surface area (Å²) in [6.45, 7) is 1.97. The van der Waals surface area contributed by atoms with Crippen molar-refractivity contribution in [1.82, 2.24) is 4.90 Å². The molecule has 0 aliphatic carbocycles. The van der Waals surface area contributed by atoms with Gasteiger partial charge in [0.05, 0.1) is 6.42 Å². The van der Waals surface area contributed by atoms with Crippen molar-refractivity contribution in [1.29, 1.82) is 0 Å². The van der Waals surface area contributed by atoms with Crippen molar-refractivity contribution in [3.05, 3.63) is 22.4 Å². The lowest BCUT2D eigenvalue weighted by Gasteiger charge is -2.17. The van der Waals surface area contributed by atoms with Crippen molar-refractivity contribution in [3.8, 4) is 0 Å². The molecule has 1 heterocycles. The fourth-order valence-electron chi connectivity index (χ4n) is 1.24. The van der Waals surface area contributed by atoms with Gasteiger partial charge in [-0.05, 0) is 11.4 Å². The standard InChI is InChI=1S/C10H14N2O2S/c1-8(13)12(5-4-11)10(14)7-9-3-2-6-15-9/h2-3,6H,4-5,7,11H2,1H3. The summed E-state index contributed by atoms with van der Waals surface area (Å²) in [6.07, 6.45) is 0.275. The number of imide groups is 1. The highest BCUT2D eigenvalue weighted by molar-refractivity contribution is 7.10. The van der Waals surface area contributed by atoms with Gasteiger partial charge in [-0.3, -0.25) is 14.5 Å². The minimum absolute atomic E-state index is 0.185. The normalized spacial score (nSPS) is 10.0.